The van der Waals surface area contributed by atoms with E-state index in [2.05, 4.69) is 24.3 Å². The number of rotatable bonds is 4. The van der Waals surface area contributed by atoms with Crippen LogP contribution in [-0.4, -0.2) is 17.9 Å². The summed E-state index contributed by atoms with van der Waals surface area (Å²) in [6, 6.07) is 8.55. The highest BCUT2D eigenvalue weighted by Crippen LogP contribution is 2.23. The Morgan fingerprint density at radius 3 is 2.84 bits per heavy atom. The van der Waals surface area contributed by atoms with Crippen molar-refractivity contribution in [3.8, 4) is 6.07 Å². The molecule has 2 rings (SSSR count). The third kappa shape index (κ3) is 2.96. The van der Waals surface area contributed by atoms with Crippen LogP contribution in [0.4, 0.5) is 0 Å². The highest BCUT2D eigenvalue weighted by molar-refractivity contribution is 5.80. The van der Waals surface area contributed by atoms with Crippen LogP contribution in [0.1, 0.15) is 36.5 Å². The van der Waals surface area contributed by atoms with E-state index >= 15 is 0 Å². The number of hydrogen-bond acceptors (Lipinski definition) is 2. The predicted molar refractivity (Wildman–Crippen MR) is 74.3 cm³/mol. The molecule has 3 nitrogen and oxygen atoms in total. The number of nitriles is 1. The predicted octanol–water partition coefficient (Wildman–Crippen LogP) is 2.68. The van der Waals surface area contributed by atoms with Gasteiger partial charge in [0.15, 0.2) is 0 Å². The van der Waals surface area contributed by atoms with E-state index in [0.717, 1.165) is 12.0 Å². The van der Waals surface area contributed by atoms with Gasteiger partial charge in [0.1, 0.15) is 5.92 Å². The fourth-order valence-corrected chi connectivity index (χ4v) is 2.66. The van der Waals surface area contributed by atoms with Crippen molar-refractivity contribution in [3.63, 3.8) is 0 Å². The summed E-state index contributed by atoms with van der Waals surface area (Å²) in [5.74, 6) is -0.593. The molecule has 0 aromatic heterocycles. The molecule has 1 amide bonds. The van der Waals surface area contributed by atoms with E-state index in [9.17, 15) is 4.79 Å². The van der Waals surface area contributed by atoms with E-state index in [1.165, 1.54) is 24.0 Å². The third-order valence-corrected chi connectivity index (χ3v) is 3.82. The Balaban J connectivity index is 2.05. The number of carbonyl (C=O) groups excluding carboxylic acids is 1. The minimum absolute atomic E-state index is 0.0782. The third-order valence-electron chi connectivity index (χ3n) is 3.82. The van der Waals surface area contributed by atoms with Crippen molar-refractivity contribution >= 4 is 5.91 Å². The molecule has 1 aliphatic rings. The van der Waals surface area contributed by atoms with Crippen LogP contribution in [0.3, 0.4) is 0 Å². The van der Waals surface area contributed by atoms with Gasteiger partial charge >= 0.3 is 0 Å². The molecule has 0 N–H and O–H groups in total. The van der Waals surface area contributed by atoms with Crippen molar-refractivity contribution < 1.29 is 4.79 Å². The standard InChI is InChI=1S/C16H20N2O/c1-3-13(10-17)16(19)18(2)11-12-7-8-14-5-4-6-15(14)9-12/h7-9,13H,3-6,11H2,1-2H3. The summed E-state index contributed by atoms with van der Waals surface area (Å²) in [5.41, 5.74) is 4.02. The lowest BCUT2D eigenvalue weighted by atomic mass is 10.0. The van der Waals surface area contributed by atoms with Crippen LogP contribution in [0.5, 0.6) is 0 Å². The zero-order valence-corrected chi connectivity index (χ0v) is 11.6. The normalized spacial score (nSPS) is 14.6. The highest BCUT2D eigenvalue weighted by atomic mass is 16.2. The molecule has 0 bridgehead atoms. The number of nitrogens with zero attached hydrogens (tertiary/aromatic N) is 2. The van der Waals surface area contributed by atoms with Gasteiger partial charge in [-0.1, -0.05) is 25.1 Å². The van der Waals surface area contributed by atoms with Gasteiger partial charge in [0.05, 0.1) is 6.07 Å². The SMILES string of the molecule is CCC(C#N)C(=O)N(C)Cc1ccc2c(c1)CCC2. The van der Waals surface area contributed by atoms with Gasteiger partial charge in [-0.2, -0.15) is 5.26 Å². The molecule has 1 atom stereocenters. The van der Waals surface area contributed by atoms with Crippen molar-refractivity contribution in [2.45, 2.75) is 39.2 Å². The van der Waals surface area contributed by atoms with Crippen LogP contribution in [0.25, 0.3) is 0 Å². The minimum atomic E-state index is -0.514. The van der Waals surface area contributed by atoms with Gasteiger partial charge in [-0.15, -0.1) is 0 Å². The molecule has 0 saturated heterocycles. The summed E-state index contributed by atoms with van der Waals surface area (Å²) in [5, 5.41) is 8.94. The molecule has 0 fully saturated rings. The number of fused-ring (bicyclic) bond motifs is 1. The molecule has 0 aliphatic heterocycles. The van der Waals surface area contributed by atoms with E-state index in [1.54, 1.807) is 11.9 Å². The van der Waals surface area contributed by atoms with Gasteiger partial charge in [-0.05, 0) is 42.4 Å². The van der Waals surface area contributed by atoms with Gasteiger partial charge < -0.3 is 4.90 Å². The second kappa shape index (κ2) is 5.88. The first-order chi connectivity index (χ1) is 9.15. The van der Waals surface area contributed by atoms with Crippen LogP contribution in [-0.2, 0) is 24.2 Å². The van der Waals surface area contributed by atoms with Gasteiger partial charge in [0.25, 0.3) is 0 Å². The zero-order chi connectivity index (χ0) is 13.8. The Morgan fingerprint density at radius 2 is 2.16 bits per heavy atom. The number of amides is 1. The van der Waals surface area contributed by atoms with E-state index in [-0.39, 0.29) is 5.91 Å². The number of aryl methyl sites for hydroxylation is 2. The fraction of sp³-hybridized carbons (Fsp3) is 0.500. The van der Waals surface area contributed by atoms with E-state index in [0.29, 0.717) is 13.0 Å². The average Bonchev–Trinajstić information content (AvgIpc) is 2.87. The van der Waals surface area contributed by atoms with E-state index in [1.807, 2.05) is 6.92 Å². The van der Waals surface area contributed by atoms with Gasteiger partial charge in [0, 0.05) is 13.6 Å². The van der Waals surface area contributed by atoms with E-state index < -0.39 is 5.92 Å². The van der Waals surface area contributed by atoms with Crippen molar-refractivity contribution in [2.75, 3.05) is 7.05 Å². The van der Waals surface area contributed by atoms with Crippen molar-refractivity contribution in [1.82, 2.24) is 4.90 Å². The molecule has 0 spiro atoms. The van der Waals surface area contributed by atoms with E-state index in [4.69, 9.17) is 5.26 Å². The maximum atomic E-state index is 12.0. The van der Waals surface area contributed by atoms with Crippen LogP contribution >= 0.6 is 0 Å². The summed E-state index contributed by atoms with van der Waals surface area (Å²) in [6.45, 7) is 2.46. The maximum absolute atomic E-state index is 12.0. The quantitative estimate of drug-likeness (QED) is 0.831. The Morgan fingerprint density at radius 1 is 1.42 bits per heavy atom. The lowest BCUT2D eigenvalue weighted by Crippen LogP contribution is -2.31. The topological polar surface area (TPSA) is 44.1 Å². The molecule has 1 aliphatic carbocycles. The first-order valence-corrected chi connectivity index (χ1v) is 6.91. The smallest absolute Gasteiger partial charge is 0.239 e. The largest absolute Gasteiger partial charge is 0.340 e. The molecular weight excluding hydrogens is 236 g/mol. The Bertz CT molecular complexity index is 516. The summed E-state index contributed by atoms with van der Waals surface area (Å²) < 4.78 is 0. The second-order valence-corrected chi connectivity index (χ2v) is 5.24. The zero-order valence-electron chi connectivity index (χ0n) is 11.6. The first-order valence-electron chi connectivity index (χ1n) is 6.91. The lowest BCUT2D eigenvalue weighted by molar-refractivity contribution is -0.133. The summed E-state index contributed by atoms with van der Waals surface area (Å²) in [4.78, 5) is 13.7. The van der Waals surface area contributed by atoms with Gasteiger partial charge in [-0.3, -0.25) is 4.79 Å². The Kier molecular flexibility index (Phi) is 4.21. The highest BCUT2D eigenvalue weighted by Gasteiger charge is 2.20. The summed E-state index contributed by atoms with van der Waals surface area (Å²) in [6.07, 6.45) is 4.14. The average molecular weight is 256 g/mol. The summed E-state index contributed by atoms with van der Waals surface area (Å²) in [7, 11) is 1.77. The molecule has 19 heavy (non-hydrogen) atoms. The van der Waals surface area contributed by atoms with Gasteiger partial charge in [-0.25, -0.2) is 0 Å². The summed E-state index contributed by atoms with van der Waals surface area (Å²) >= 11 is 0. The monoisotopic (exact) mass is 256 g/mol. The molecular formula is C16H20N2O. The molecule has 1 unspecified atom stereocenters. The molecule has 0 saturated carbocycles. The Hall–Kier alpha value is -1.82. The number of carbonyl (C=O) groups is 1. The molecule has 0 heterocycles. The van der Waals surface area contributed by atoms with Crippen LogP contribution in [0.15, 0.2) is 18.2 Å². The first kappa shape index (κ1) is 13.6. The van der Waals surface area contributed by atoms with Crippen molar-refractivity contribution in [3.05, 3.63) is 34.9 Å². The Labute approximate surface area is 114 Å². The molecule has 100 valence electrons. The van der Waals surface area contributed by atoms with Crippen molar-refractivity contribution in [2.24, 2.45) is 5.92 Å². The minimum Gasteiger partial charge on any atom is -0.340 e. The van der Waals surface area contributed by atoms with Crippen LogP contribution in [0.2, 0.25) is 0 Å². The van der Waals surface area contributed by atoms with Crippen LogP contribution in [0, 0.1) is 17.2 Å². The van der Waals surface area contributed by atoms with Crippen molar-refractivity contribution in [1.29, 1.82) is 5.26 Å². The van der Waals surface area contributed by atoms with Crippen LogP contribution < -0.4 is 0 Å². The lowest BCUT2D eigenvalue weighted by Gasteiger charge is -2.20. The molecule has 0 radical (unpaired) electrons. The maximum Gasteiger partial charge on any atom is 0.239 e. The molecule has 1 aromatic rings. The molecule has 3 heteroatoms. The number of hydrogen-bond donors (Lipinski definition) is 0. The van der Waals surface area contributed by atoms with Gasteiger partial charge in [0.2, 0.25) is 5.91 Å². The number of benzene rings is 1. The fourth-order valence-electron chi connectivity index (χ4n) is 2.66. The molecule has 1 aromatic carbocycles. The second-order valence-electron chi connectivity index (χ2n) is 5.24.